The molecule has 0 aromatic carbocycles. The first-order valence-corrected chi connectivity index (χ1v) is 9.63. The van der Waals surface area contributed by atoms with Crippen LogP contribution in [0, 0.1) is 13.8 Å². The molecule has 1 amide bonds. The first-order valence-electron chi connectivity index (χ1n) is 9.63. The van der Waals surface area contributed by atoms with Crippen LogP contribution >= 0.6 is 0 Å². The molecule has 30 heavy (non-hydrogen) atoms. The number of morpholine rings is 1. The van der Waals surface area contributed by atoms with E-state index in [1.165, 1.54) is 4.85 Å². The van der Waals surface area contributed by atoms with E-state index >= 15 is 0 Å². The van der Waals surface area contributed by atoms with Crippen molar-refractivity contribution in [3.8, 4) is 0 Å². The molecule has 5 rings (SSSR count). The highest BCUT2D eigenvalue weighted by Gasteiger charge is 2.28. The van der Waals surface area contributed by atoms with Gasteiger partial charge in [-0.3, -0.25) is 4.79 Å². The number of pyridine rings is 1. The van der Waals surface area contributed by atoms with Gasteiger partial charge < -0.3 is 14.5 Å². The molecule has 1 atom stereocenters. The third-order valence-electron chi connectivity index (χ3n) is 5.07. The number of fused-ring (bicyclic) bond motifs is 2. The Hall–Kier alpha value is -3.60. The third-order valence-corrected chi connectivity index (χ3v) is 5.07. The molecule has 0 bridgehead atoms. The lowest BCUT2D eigenvalue weighted by Crippen LogP contribution is -2.48. The minimum Gasteiger partial charge on any atom is -0.391 e. The van der Waals surface area contributed by atoms with E-state index in [1.54, 1.807) is 33.9 Å². The molecule has 0 N–H and O–H groups in total. The largest absolute Gasteiger partial charge is 0.391 e. The Labute approximate surface area is 171 Å². The maximum atomic E-state index is 13.1. The summed E-state index contributed by atoms with van der Waals surface area (Å²) in [6.45, 7) is 5.31. The van der Waals surface area contributed by atoms with Crippen LogP contribution in [-0.2, 0) is 4.74 Å². The zero-order valence-electron chi connectivity index (χ0n) is 16.6. The van der Waals surface area contributed by atoms with Crippen LogP contribution in [0.1, 0.15) is 21.7 Å². The van der Waals surface area contributed by atoms with Crippen molar-refractivity contribution in [2.45, 2.75) is 20.0 Å². The van der Waals surface area contributed by atoms with Crippen molar-refractivity contribution in [1.29, 1.82) is 0 Å². The molecule has 1 unspecified atom stereocenters. The number of aryl methyl sites for hydroxylation is 2. The first kappa shape index (κ1) is 18.4. The van der Waals surface area contributed by atoms with Gasteiger partial charge >= 0.3 is 0 Å². The van der Waals surface area contributed by atoms with E-state index in [-0.39, 0.29) is 18.6 Å². The van der Waals surface area contributed by atoms with Crippen LogP contribution < -0.4 is 4.84 Å². The summed E-state index contributed by atoms with van der Waals surface area (Å²) in [7, 11) is 0. The molecule has 5 heterocycles. The van der Waals surface area contributed by atoms with E-state index in [9.17, 15) is 4.79 Å². The normalized spacial score (nSPS) is 17.0. The van der Waals surface area contributed by atoms with Gasteiger partial charge in [-0.05, 0) is 31.2 Å². The van der Waals surface area contributed by atoms with Gasteiger partial charge in [-0.15, -0.1) is 5.10 Å². The Morgan fingerprint density at radius 2 is 2.23 bits per heavy atom. The molecule has 0 aliphatic carbocycles. The van der Waals surface area contributed by atoms with Gasteiger partial charge in [-0.2, -0.15) is 5.10 Å². The minimum absolute atomic E-state index is 0.101. The second kappa shape index (κ2) is 7.34. The lowest BCUT2D eigenvalue weighted by Gasteiger charge is -2.32. The van der Waals surface area contributed by atoms with Gasteiger partial charge in [0.15, 0.2) is 5.65 Å². The maximum Gasteiger partial charge on any atom is 0.257 e. The van der Waals surface area contributed by atoms with Gasteiger partial charge in [-0.25, -0.2) is 14.5 Å². The fraction of sp³-hybridized carbons (Fsp3) is 0.368. The SMILES string of the molecule is Cc1cc2ncc(C(=O)N3CCOC(COn4nnc5cccnc54)C3)c(C)n2n1. The smallest absolute Gasteiger partial charge is 0.257 e. The average Bonchev–Trinajstić information content (AvgIpc) is 3.35. The van der Waals surface area contributed by atoms with E-state index in [1.807, 2.05) is 19.9 Å². The topological polar surface area (TPSA) is 113 Å². The predicted molar refractivity (Wildman–Crippen MR) is 105 cm³/mol. The quantitative estimate of drug-likeness (QED) is 0.479. The highest BCUT2D eigenvalue weighted by molar-refractivity contribution is 5.95. The lowest BCUT2D eigenvalue weighted by molar-refractivity contribution is -0.0680. The van der Waals surface area contributed by atoms with Crippen molar-refractivity contribution in [2.24, 2.45) is 0 Å². The Morgan fingerprint density at radius 3 is 3.13 bits per heavy atom. The van der Waals surface area contributed by atoms with Gasteiger partial charge in [0.2, 0.25) is 5.65 Å². The van der Waals surface area contributed by atoms with E-state index in [4.69, 9.17) is 9.57 Å². The molecule has 1 fully saturated rings. The van der Waals surface area contributed by atoms with Crippen molar-refractivity contribution >= 4 is 22.7 Å². The predicted octanol–water partition coefficient (Wildman–Crippen LogP) is 0.456. The van der Waals surface area contributed by atoms with Crippen molar-refractivity contribution in [2.75, 3.05) is 26.3 Å². The molecule has 1 aliphatic heterocycles. The Balaban J connectivity index is 1.29. The minimum atomic E-state index is -0.297. The van der Waals surface area contributed by atoms with Gasteiger partial charge in [-0.1, -0.05) is 4.85 Å². The number of aromatic nitrogens is 7. The van der Waals surface area contributed by atoms with Crippen molar-refractivity contribution < 1.29 is 14.4 Å². The van der Waals surface area contributed by atoms with Crippen molar-refractivity contribution in [3.05, 3.63) is 47.5 Å². The standard InChI is InChI=1S/C19H20N8O3/c1-12-8-17-21-9-15(13(2)26(17)23-12)19(28)25-6-7-29-14(10-25)11-30-27-18-16(22-24-27)4-3-5-20-18/h3-5,8-9,14H,6-7,10-11H2,1-2H3. The summed E-state index contributed by atoms with van der Waals surface area (Å²) in [5, 5.41) is 12.4. The van der Waals surface area contributed by atoms with E-state index in [0.717, 1.165) is 17.0 Å². The molecule has 11 nitrogen and oxygen atoms in total. The van der Waals surface area contributed by atoms with E-state index in [2.05, 4.69) is 25.4 Å². The molecule has 4 aromatic rings. The number of hydrogen-bond acceptors (Lipinski definition) is 8. The molecule has 0 saturated carbocycles. The second-order valence-corrected chi connectivity index (χ2v) is 7.16. The third kappa shape index (κ3) is 3.22. The molecule has 1 saturated heterocycles. The summed E-state index contributed by atoms with van der Waals surface area (Å²) in [5.74, 6) is -0.101. The van der Waals surface area contributed by atoms with Crippen LogP contribution in [-0.4, -0.2) is 78.0 Å². The molecule has 11 heteroatoms. The van der Waals surface area contributed by atoms with E-state index in [0.29, 0.717) is 36.4 Å². The first-order chi connectivity index (χ1) is 14.6. The summed E-state index contributed by atoms with van der Waals surface area (Å²) >= 11 is 0. The van der Waals surface area contributed by atoms with Crippen molar-refractivity contribution in [3.63, 3.8) is 0 Å². The molecule has 0 spiro atoms. The highest BCUT2D eigenvalue weighted by atomic mass is 16.7. The molecule has 0 radical (unpaired) electrons. The molecule has 4 aromatic heterocycles. The van der Waals surface area contributed by atoms with Crippen LogP contribution in [0.3, 0.4) is 0 Å². The summed E-state index contributed by atoms with van der Waals surface area (Å²) in [4.78, 5) is 30.5. The van der Waals surface area contributed by atoms with E-state index < -0.39 is 0 Å². The maximum absolute atomic E-state index is 13.1. The molecular formula is C19H20N8O3. The lowest BCUT2D eigenvalue weighted by atomic mass is 10.2. The Kier molecular flexibility index (Phi) is 4.51. The Bertz CT molecular complexity index is 1230. The average molecular weight is 408 g/mol. The second-order valence-electron chi connectivity index (χ2n) is 7.16. The molecule has 1 aliphatic rings. The van der Waals surface area contributed by atoms with Crippen LogP contribution in [0.25, 0.3) is 16.8 Å². The zero-order chi connectivity index (χ0) is 20.7. The fourth-order valence-electron chi connectivity index (χ4n) is 3.53. The van der Waals surface area contributed by atoms with Gasteiger partial charge in [0.25, 0.3) is 5.91 Å². The number of ether oxygens (including phenoxy) is 1. The fourth-order valence-corrected chi connectivity index (χ4v) is 3.53. The zero-order valence-corrected chi connectivity index (χ0v) is 16.6. The van der Waals surface area contributed by atoms with Crippen LogP contribution in [0.4, 0.5) is 0 Å². The Morgan fingerprint density at radius 1 is 1.33 bits per heavy atom. The highest BCUT2D eigenvalue weighted by Crippen LogP contribution is 2.16. The van der Waals surface area contributed by atoms with Gasteiger partial charge in [0.1, 0.15) is 18.2 Å². The number of hydrogen-bond donors (Lipinski definition) is 0. The van der Waals surface area contributed by atoms with Gasteiger partial charge in [0.05, 0.1) is 30.1 Å². The summed E-state index contributed by atoms with van der Waals surface area (Å²) in [6, 6.07) is 5.47. The number of carbonyl (C=O) groups excluding carboxylic acids is 1. The number of rotatable bonds is 4. The number of carbonyl (C=O) groups is 1. The van der Waals surface area contributed by atoms with Crippen LogP contribution in [0.2, 0.25) is 0 Å². The summed E-state index contributed by atoms with van der Waals surface area (Å²) in [5.41, 5.74) is 4.05. The summed E-state index contributed by atoms with van der Waals surface area (Å²) in [6.07, 6.45) is 2.97. The van der Waals surface area contributed by atoms with Crippen LogP contribution in [0.15, 0.2) is 30.6 Å². The molecular weight excluding hydrogens is 388 g/mol. The van der Waals surface area contributed by atoms with Crippen molar-refractivity contribution in [1.82, 2.24) is 39.6 Å². The number of amides is 1. The number of nitrogens with zero attached hydrogens (tertiary/aromatic N) is 8. The summed E-state index contributed by atoms with van der Waals surface area (Å²) < 4.78 is 7.48. The van der Waals surface area contributed by atoms with Gasteiger partial charge in [0, 0.05) is 25.0 Å². The molecule has 154 valence electrons. The monoisotopic (exact) mass is 408 g/mol. The van der Waals surface area contributed by atoms with Crippen LogP contribution in [0.5, 0.6) is 0 Å².